The minimum atomic E-state index is -0.772. The molecule has 0 bridgehead atoms. The summed E-state index contributed by atoms with van der Waals surface area (Å²) in [4.78, 5) is 0. The third kappa shape index (κ3) is 3.90. The van der Waals surface area contributed by atoms with Gasteiger partial charge in [0.1, 0.15) is 0 Å². The number of nitriles is 1. The second kappa shape index (κ2) is 7.19. The van der Waals surface area contributed by atoms with Crippen molar-refractivity contribution in [2.75, 3.05) is 0 Å². The molecule has 1 fully saturated rings. The minimum Gasteiger partial charge on any atom is -0.204 e. The first kappa shape index (κ1) is 14.7. The van der Waals surface area contributed by atoms with Gasteiger partial charge in [0, 0.05) is 6.08 Å². The van der Waals surface area contributed by atoms with Crippen LogP contribution in [0.5, 0.6) is 0 Å². The highest BCUT2D eigenvalue weighted by Crippen LogP contribution is 2.37. The number of halogens is 2. The Morgan fingerprint density at radius 2 is 1.90 bits per heavy atom. The topological polar surface area (TPSA) is 23.8 Å². The van der Waals surface area contributed by atoms with Crippen molar-refractivity contribution in [3.63, 3.8) is 0 Å². The molecule has 0 heterocycles. The summed E-state index contributed by atoms with van der Waals surface area (Å²) in [7, 11) is 0. The Balaban J connectivity index is 1.83. The number of rotatable bonds is 4. The lowest BCUT2D eigenvalue weighted by Gasteiger charge is -2.28. The van der Waals surface area contributed by atoms with Crippen molar-refractivity contribution >= 4 is 0 Å². The fourth-order valence-corrected chi connectivity index (χ4v) is 3.02. The van der Waals surface area contributed by atoms with Crippen LogP contribution < -0.4 is 0 Å². The lowest BCUT2D eigenvalue weighted by Crippen LogP contribution is -2.13. The average molecular weight is 275 g/mol. The smallest absolute Gasteiger partial charge is 0.159 e. The molecule has 1 nitrogen and oxygen atoms in total. The molecule has 1 aliphatic rings. The van der Waals surface area contributed by atoms with Crippen molar-refractivity contribution in [3.05, 3.63) is 47.5 Å². The van der Waals surface area contributed by atoms with Crippen LogP contribution in [0.25, 0.3) is 0 Å². The summed E-state index contributed by atoms with van der Waals surface area (Å²) >= 11 is 0. The Morgan fingerprint density at radius 3 is 2.55 bits per heavy atom. The van der Waals surface area contributed by atoms with Gasteiger partial charge in [0.25, 0.3) is 0 Å². The van der Waals surface area contributed by atoms with E-state index in [0.29, 0.717) is 11.8 Å². The summed E-state index contributed by atoms with van der Waals surface area (Å²) in [6.07, 6.45) is 9.86. The standard InChI is InChI=1S/C17H19F2N/c18-16-10-9-15(12-17(16)19)14-7-5-13(6-8-14)4-2-1-3-11-20/h1,3,9-10,12-14H,2,4-8H2/t13-,14-. The Labute approximate surface area is 118 Å². The van der Waals surface area contributed by atoms with Crippen LogP contribution in [-0.4, -0.2) is 0 Å². The van der Waals surface area contributed by atoms with Gasteiger partial charge in [-0.25, -0.2) is 8.78 Å². The molecule has 0 amide bonds. The van der Waals surface area contributed by atoms with Gasteiger partial charge in [-0.1, -0.05) is 12.1 Å². The zero-order chi connectivity index (χ0) is 14.4. The monoisotopic (exact) mass is 275 g/mol. The van der Waals surface area contributed by atoms with Crippen LogP contribution in [0.4, 0.5) is 8.78 Å². The highest BCUT2D eigenvalue weighted by Gasteiger charge is 2.22. The number of benzene rings is 1. The van der Waals surface area contributed by atoms with Crippen molar-refractivity contribution in [1.82, 2.24) is 0 Å². The van der Waals surface area contributed by atoms with Gasteiger partial charge in [0.2, 0.25) is 0 Å². The molecule has 0 unspecified atom stereocenters. The molecule has 3 heteroatoms. The van der Waals surface area contributed by atoms with E-state index >= 15 is 0 Å². The third-order valence-electron chi connectivity index (χ3n) is 4.20. The first-order valence-electron chi connectivity index (χ1n) is 7.20. The number of allylic oxidation sites excluding steroid dienone is 2. The Kier molecular flexibility index (Phi) is 5.29. The van der Waals surface area contributed by atoms with E-state index in [1.165, 1.54) is 18.2 Å². The maximum atomic E-state index is 13.2. The van der Waals surface area contributed by atoms with E-state index in [4.69, 9.17) is 5.26 Å². The summed E-state index contributed by atoms with van der Waals surface area (Å²) in [6, 6.07) is 6.27. The molecule has 20 heavy (non-hydrogen) atoms. The molecule has 106 valence electrons. The van der Waals surface area contributed by atoms with E-state index in [1.54, 1.807) is 6.07 Å². The SMILES string of the molecule is N#CC=CCC[C@H]1CC[C@H](c2ccc(F)c(F)c2)CC1. The van der Waals surface area contributed by atoms with Gasteiger partial charge in [0.15, 0.2) is 11.6 Å². The van der Waals surface area contributed by atoms with Gasteiger partial charge in [-0.15, -0.1) is 0 Å². The molecule has 1 aliphatic carbocycles. The first-order valence-corrected chi connectivity index (χ1v) is 7.20. The molecular formula is C17H19F2N. The van der Waals surface area contributed by atoms with Crippen LogP contribution in [0.1, 0.15) is 50.0 Å². The van der Waals surface area contributed by atoms with E-state index in [-0.39, 0.29) is 0 Å². The van der Waals surface area contributed by atoms with Crippen molar-refractivity contribution < 1.29 is 8.78 Å². The maximum Gasteiger partial charge on any atom is 0.159 e. The van der Waals surface area contributed by atoms with Crippen LogP contribution in [0, 0.1) is 28.9 Å². The molecule has 0 spiro atoms. The molecule has 0 aliphatic heterocycles. The van der Waals surface area contributed by atoms with Gasteiger partial charge in [-0.05, 0) is 68.1 Å². The molecule has 0 radical (unpaired) electrons. The quantitative estimate of drug-likeness (QED) is 0.701. The van der Waals surface area contributed by atoms with Crippen molar-refractivity contribution in [3.8, 4) is 6.07 Å². The molecule has 1 aromatic rings. The van der Waals surface area contributed by atoms with Crippen LogP contribution in [0.2, 0.25) is 0 Å². The number of hydrogen-bond acceptors (Lipinski definition) is 1. The predicted molar refractivity (Wildman–Crippen MR) is 75.0 cm³/mol. The largest absolute Gasteiger partial charge is 0.204 e. The van der Waals surface area contributed by atoms with Gasteiger partial charge in [-0.3, -0.25) is 0 Å². The number of nitrogens with zero attached hydrogens (tertiary/aromatic N) is 1. The van der Waals surface area contributed by atoms with Gasteiger partial charge >= 0.3 is 0 Å². The fourth-order valence-electron chi connectivity index (χ4n) is 3.02. The Bertz CT molecular complexity index is 508. The van der Waals surface area contributed by atoms with Crippen LogP contribution >= 0.6 is 0 Å². The van der Waals surface area contributed by atoms with Gasteiger partial charge in [-0.2, -0.15) is 5.26 Å². The second-order valence-electron chi connectivity index (χ2n) is 5.50. The molecular weight excluding hydrogens is 256 g/mol. The fraction of sp³-hybridized carbons (Fsp3) is 0.471. The van der Waals surface area contributed by atoms with E-state index in [0.717, 1.165) is 44.1 Å². The Hall–Kier alpha value is -1.69. The van der Waals surface area contributed by atoms with Crippen molar-refractivity contribution in [2.45, 2.75) is 44.4 Å². The van der Waals surface area contributed by atoms with E-state index < -0.39 is 11.6 Å². The summed E-state index contributed by atoms with van der Waals surface area (Å²) in [5, 5.41) is 8.41. The van der Waals surface area contributed by atoms with E-state index in [1.807, 2.05) is 12.1 Å². The summed E-state index contributed by atoms with van der Waals surface area (Å²) < 4.78 is 26.2. The minimum absolute atomic E-state index is 0.357. The molecule has 0 saturated heterocycles. The highest BCUT2D eigenvalue weighted by atomic mass is 19.2. The van der Waals surface area contributed by atoms with Crippen LogP contribution in [0.3, 0.4) is 0 Å². The van der Waals surface area contributed by atoms with Crippen molar-refractivity contribution in [1.29, 1.82) is 5.26 Å². The molecule has 1 saturated carbocycles. The van der Waals surface area contributed by atoms with Crippen LogP contribution in [-0.2, 0) is 0 Å². The predicted octanol–water partition coefficient (Wildman–Crippen LogP) is 5.10. The molecule has 2 rings (SSSR count). The molecule has 0 atom stereocenters. The van der Waals surface area contributed by atoms with E-state index in [2.05, 4.69) is 0 Å². The lowest BCUT2D eigenvalue weighted by atomic mass is 9.77. The van der Waals surface area contributed by atoms with Gasteiger partial charge < -0.3 is 0 Å². The molecule has 0 aromatic heterocycles. The van der Waals surface area contributed by atoms with Crippen molar-refractivity contribution in [2.24, 2.45) is 5.92 Å². The zero-order valence-corrected chi connectivity index (χ0v) is 11.5. The van der Waals surface area contributed by atoms with Crippen LogP contribution in [0.15, 0.2) is 30.4 Å². The average Bonchev–Trinajstić information content (AvgIpc) is 2.47. The first-order chi connectivity index (χ1) is 9.70. The second-order valence-corrected chi connectivity index (χ2v) is 5.50. The van der Waals surface area contributed by atoms with Gasteiger partial charge in [0.05, 0.1) is 6.07 Å². The summed E-state index contributed by atoms with van der Waals surface area (Å²) in [5.41, 5.74) is 0.923. The zero-order valence-electron chi connectivity index (χ0n) is 11.5. The molecule has 0 N–H and O–H groups in total. The number of hydrogen-bond donors (Lipinski definition) is 0. The maximum absolute atomic E-state index is 13.2. The summed E-state index contributed by atoms with van der Waals surface area (Å²) in [6.45, 7) is 0. The lowest BCUT2D eigenvalue weighted by molar-refractivity contribution is 0.311. The third-order valence-corrected chi connectivity index (χ3v) is 4.20. The summed E-state index contributed by atoms with van der Waals surface area (Å²) in [5.74, 6) is -0.464. The van der Waals surface area contributed by atoms with E-state index in [9.17, 15) is 8.78 Å². The Morgan fingerprint density at radius 1 is 1.15 bits per heavy atom. The normalized spacial score (nSPS) is 22.9. The molecule has 1 aromatic carbocycles. The highest BCUT2D eigenvalue weighted by molar-refractivity contribution is 5.22.